The van der Waals surface area contributed by atoms with Gasteiger partial charge in [-0.05, 0) is 36.8 Å². The van der Waals surface area contributed by atoms with Gasteiger partial charge in [0.05, 0.1) is 6.04 Å². The Kier molecular flexibility index (Phi) is 10.0. The normalized spacial score (nSPS) is 18.2. The third-order valence-electron chi connectivity index (χ3n) is 7.37. The van der Waals surface area contributed by atoms with Crippen LogP contribution in [0.4, 0.5) is 0 Å². The summed E-state index contributed by atoms with van der Waals surface area (Å²) in [5, 5.41) is 24.8. The highest BCUT2D eigenvalue weighted by molar-refractivity contribution is 5.95. The van der Waals surface area contributed by atoms with E-state index in [1.54, 1.807) is 6.20 Å². The van der Waals surface area contributed by atoms with Gasteiger partial charge >= 0.3 is 11.9 Å². The number of carbonyl (C=O) groups is 5. The zero-order chi connectivity index (χ0) is 28.7. The highest BCUT2D eigenvalue weighted by Crippen LogP contribution is 2.22. The van der Waals surface area contributed by atoms with E-state index in [1.165, 1.54) is 4.90 Å². The van der Waals surface area contributed by atoms with Gasteiger partial charge in [-0.15, -0.1) is 0 Å². The van der Waals surface area contributed by atoms with Crippen LogP contribution >= 0.6 is 0 Å². The number of amides is 3. The number of likely N-dealkylation sites (tertiary alicyclic amines) is 1. The van der Waals surface area contributed by atoms with Crippen LogP contribution in [0, 0.1) is 5.92 Å². The van der Waals surface area contributed by atoms with Crippen molar-refractivity contribution in [3.8, 4) is 0 Å². The number of rotatable bonds is 13. The number of aromatic nitrogens is 1. The van der Waals surface area contributed by atoms with Gasteiger partial charge in [-0.25, -0.2) is 4.79 Å². The maximum Gasteiger partial charge on any atom is 0.326 e. The topological polar surface area (TPSA) is 195 Å². The molecule has 0 bridgehead atoms. The maximum atomic E-state index is 13.2. The molecule has 2 aromatic rings. The summed E-state index contributed by atoms with van der Waals surface area (Å²) in [4.78, 5) is 67.1. The van der Waals surface area contributed by atoms with Gasteiger partial charge in [0, 0.05) is 36.5 Å². The summed E-state index contributed by atoms with van der Waals surface area (Å²) >= 11 is 0. The highest BCUT2D eigenvalue weighted by Gasteiger charge is 2.39. The second-order valence-electron chi connectivity index (χ2n) is 10.1. The molecule has 39 heavy (non-hydrogen) atoms. The summed E-state index contributed by atoms with van der Waals surface area (Å²) in [5.74, 6) is -4.30. The van der Waals surface area contributed by atoms with E-state index in [0.717, 1.165) is 10.9 Å². The quantitative estimate of drug-likeness (QED) is 0.215. The van der Waals surface area contributed by atoms with Crippen molar-refractivity contribution < 1.29 is 34.2 Å². The van der Waals surface area contributed by atoms with Gasteiger partial charge in [-0.3, -0.25) is 19.2 Å². The van der Waals surface area contributed by atoms with Crippen LogP contribution in [-0.2, 0) is 30.4 Å². The monoisotopic (exact) mass is 543 g/mol. The standard InChI is InChI=1S/C27H37N5O7/c1-3-15(2)23(28)26(37)32-12-6-9-21(32)25(36)30-19(10-11-22(33)34)24(35)31-20(27(38)39)13-16-14-29-18-8-5-4-7-17(16)18/h4-5,7-8,14-15,19-21,23,29H,3,6,9-13,28H2,1-2H3,(H,30,36)(H,31,35)(H,33,34)(H,38,39). The van der Waals surface area contributed by atoms with Crippen molar-refractivity contribution in [1.29, 1.82) is 0 Å². The summed E-state index contributed by atoms with van der Waals surface area (Å²) in [6.45, 7) is 4.12. The molecule has 5 atom stereocenters. The van der Waals surface area contributed by atoms with E-state index in [2.05, 4.69) is 15.6 Å². The molecule has 1 aliphatic heterocycles. The first-order chi connectivity index (χ1) is 18.5. The number of aliphatic carboxylic acids is 2. The average molecular weight is 544 g/mol. The first kappa shape index (κ1) is 29.6. The third kappa shape index (κ3) is 7.34. The summed E-state index contributed by atoms with van der Waals surface area (Å²) < 4.78 is 0. The Morgan fingerprint density at radius 1 is 1.13 bits per heavy atom. The SMILES string of the molecule is CCC(C)C(N)C(=O)N1CCCC1C(=O)NC(CCC(=O)O)C(=O)NC(Cc1c[nH]c2ccccc12)C(=O)O. The minimum absolute atomic E-state index is 0.0247. The molecule has 212 valence electrons. The number of carboxylic acids is 2. The van der Waals surface area contributed by atoms with Gasteiger partial charge in [0.2, 0.25) is 17.7 Å². The number of fused-ring (bicyclic) bond motifs is 1. The molecule has 0 radical (unpaired) electrons. The van der Waals surface area contributed by atoms with Crippen LogP contribution in [0.3, 0.4) is 0 Å². The molecule has 1 aromatic heterocycles. The molecule has 0 spiro atoms. The second-order valence-corrected chi connectivity index (χ2v) is 10.1. The number of nitrogens with one attached hydrogen (secondary N) is 3. The zero-order valence-electron chi connectivity index (χ0n) is 22.2. The van der Waals surface area contributed by atoms with Crippen LogP contribution < -0.4 is 16.4 Å². The molecule has 1 saturated heterocycles. The van der Waals surface area contributed by atoms with Crippen LogP contribution in [0.5, 0.6) is 0 Å². The predicted octanol–water partition coefficient (Wildman–Crippen LogP) is 0.994. The summed E-state index contributed by atoms with van der Waals surface area (Å²) in [5.41, 5.74) is 7.61. The largest absolute Gasteiger partial charge is 0.481 e. The van der Waals surface area contributed by atoms with Gasteiger partial charge in [0.1, 0.15) is 18.1 Å². The molecule has 12 heteroatoms. The molecule has 1 fully saturated rings. The minimum atomic E-state index is -1.32. The lowest BCUT2D eigenvalue weighted by Gasteiger charge is -2.30. The number of hydrogen-bond acceptors (Lipinski definition) is 6. The van der Waals surface area contributed by atoms with Crippen molar-refractivity contribution in [2.24, 2.45) is 11.7 Å². The Morgan fingerprint density at radius 3 is 2.51 bits per heavy atom. The van der Waals surface area contributed by atoms with E-state index in [1.807, 2.05) is 38.1 Å². The van der Waals surface area contributed by atoms with Gasteiger partial charge < -0.3 is 36.5 Å². The second kappa shape index (κ2) is 13.2. The van der Waals surface area contributed by atoms with Gasteiger partial charge in [-0.1, -0.05) is 38.5 Å². The third-order valence-corrected chi connectivity index (χ3v) is 7.37. The van der Waals surface area contributed by atoms with Crippen molar-refractivity contribution in [2.75, 3.05) is 6.54 Å². The smallest absolute Gasteiger partial charge is 0.326 e. The summed E-state index contributed by atoms with van der Waals surface area (Å²) in [6.07, 6.45) is 2.61. The Bertz CT molecular complexity index is 1210. The number of nitrogens with two attached hydrogens (primary N) is 1. The van der Waals surface area contributed by atoms with Gasteiger partial charge in [0.25, 0.3) is 0 Å². The van der Waals surface area contributed by atoms with Crippen molar-refractivity contribution in [1.82, 2.24) is 20.5 Å². The molecule has 12 nitrogen and oxygen atoms in total. The number of aromatic amines is 1. The van der Waals surface area contributed by atoms with E-state index in [4.69, 9.17) is 5.73 Å². The van der Waals surface area contributed by atoms with E-state index in [0.29, 0.717) is 31.4 Å². The predicted molar refractivity (Wildman–Crippen MR) is 143 cm³/mol. The number of para-hydroxylation sites is 1. The van der Waals surface area contributed by atoms with E-state index >= 15 is 0 Å². The van der Waals surface area contributed by atoms with Crippen molar-refractivity contribution in [2.45, 2.75) is 76.5 Å². The van der Waals surface area contributed by atoms with Crippen molar-refractivity contribution >= 4 is 40.6 Å². The molecular weight excluding hydrogens is 506 g/mol. The Balaban J connectivity index is 1.73. The Labute approximate surface area is 226 Å². The Morgan fingerprint density at radius 2 is 1.85 bits per heavy atom. The number of carboxylic acid groups (broad SMARTS) is 2. The molecule has 0 aliphatic carbocycles. The molecular formula is C27H37N5O7. The first-order valence-electron chi connectivity index (χ1n) is 13.2. The lowest BCUT2D eigenvalue weighted by atomic mass is 9.98. The van der Waals surface area contributed by atoms with Gasteiger partial charge in [0.15, 0.2) is 0 Å². The lowest BCUT2D eigenvalue weighted by molar-refractivity contribution is -0.143. The fraction of sp³-hybridized carbons (Fsp3) is 0.519. The van der Waals surface area contributed by atoms with E-state index < -0.39 is 54.3 Å². The van der Waals surface area contributed by atoms with Crippen LogP contribution in [-0.4, -0.2) is 80.5 Å². The number of benzene rings is 1. The van der Waals surface area contributed by atoms with Crippen molar-refractivity contribution in [3.05, 3.63) is 36.0 Å². The number of nitrogens with zero attached hydrogens (tertiary/aromatic N) is 1. The molecule has 3 rings (SSSR count). The molecule has 2 heterocycles. The summed E-state index contributed by atoms with van der Waals surface area (Å²) in [6, 6.07) is 3.09. The van der Waals surface area contributed by atoms with E-state index in [-0.39, 0.29) is 24.7 Å². The number of H-pyrrole nitrogens is 1. The van der Waals surface area contributed by atoms with Gasteiger partial charge in [-0.2, -0.15) is 0 Å². The first-order valence-corrected chi connectivity index (χ1v) is 13.2. The lowest BCUT2D eigenvalue weighted by Crippen LogP contribution is -2.57. The molecule has 1 aromatic carbocycles. The molecule has 1 aliphatic rings. The van der Waals surface area contributed by atoms with Crippen molar-refractivity contribution in [3.63, 3.8) is 0 Å². The molecule has 5 unspecified atom stereocenters. The minimum Gasteiger partial charge on any atom is -0.481 e. The fourth-order valence-corrected chi connectivity index (χ4v) is 4.79. The summed E-state index contributed by atoms with van der Waals surface area (Å²) in [7, 11) is 0. The number of carbonyl (C=O) groups excluding carboxylic acids is 3. The van der Waals surface area contributed by atoms with Crippen LogP contribution in [0.15, 0.2) is 30.5 Å². The molecule has 3 amide bonds. The molecule has 7 N–H and O–H groups in total. The van der Waals surface area contributed by atoms with Crippen LogP contribution in [0.25, 0.3) is 10.9 Å². The zero-order valence-corrected chi connectivity index (χ0v) is 22.2. The fourth-order valence-electron chi connectivity index (χ4n) is 4.79. The molecule has 0 saturated carbocycles. The van der Waals surface area contributed by atoms with Crippen LogP contribution in [0.1, 0.15) is 51.5 Å². The Hall–Kier alpha value is -3.93. The van der Waals surface area contributed by atoms with Crippen LogP contribution in [0.2, 0.25) is 0 Å². The average Bonchev–Trinajstić information content (AvgIpc) is 3.56. The number of hydrogen-bond donors (Lipinski definition) is 6. The maximum absolute atomic E-state index is 13.2. The highest BCUT2D eigenvalue weighted by atomic mass is 16.4. The van der Waals surface area contributed by atoms with E-state index in [9.17, 15) is 34.2 Å².